The molecule has 2 amide bonds. The van der Waals surface area contributed by atoms with E-state index in [1.807, 2.05) is 30.1 Å². The van der Waals surface area contributed by atoms with E-state index in [1.165, 1.54) is 12.8 Å². The van der Waals surface area contributed by atoms with Gasteiger partial charge in [-0.3, -0.25) is 9.59 Å². The first-order valence-electron chi connectivity index (χ1n) is 9.45. The fourth-order valence-electron chi connectivity index (χ4n) is 4.37. The number of nitrogens with one attached hydrogen (secondary N) is 2. The van der Waals surface area contributed by atoms with Gasteiger partial charge in [0.15, 0.2) is 0 Å². The van der Waals surface area contributed by atoms with Gasteiger partial charge in [-0.2, -0.15) is 0 Å². The molecule has 0 spiro atoms. The van der Waals surface area contributed by atoms with Crippen LogP contribution in [-0.4, -0.2) is 41.9 Å². The summed E-state index contributed by atoms with van der Waals surface area (Å²) in [5.41, 5.74) is 1.36. The van der Waals surface area contributed by atoms with Crippen molar-refractivity contribution in [3.63, 3.8) is 0 Å². The van der Waals surface area contributed by atoms with Crippen molar-refractivity contribution in [1.29, 1.82) is 0 Å². The molecule has 1 aromatic rings. The number of benzene rings is 1. The fourth-order valence-corrected chi connectivity index (χ4v) is 4.37. The number of hydrogen-bond donors (Lipinski definition) is 2. The van der Waals surface area contributed by atoms with Gasteiger partial charge in [0.2, 0.25) is 5.91 Å². The van der Waals surface area contributed by atoms with Gasteiger partial charge >= 0.3 is 0 Å². The van der Waals surface area contributed by atoms with Gasteiger partial charge in [0.25, 0.3) is 5.91 Å². The number of fused-ring (bicyclic) bond motifs is 2. The zero-order valence-electron chi connectivity index (χ0n) is 15.4. The highest BCUT2D eigenvalue weighted by molar-refractivity contribution is 5.98. The molecule has 1 aromatic carbocycles. The molecule has 6 heteroatoms. The van der Waals surface area contributed by atoms with Crippen LogP contribution >= 0.6 is 12.4 Å². The zero-order valence-corrected chi connectivity index (χ0v) is 16.2. The largest absolute Gasteiger partial charge is 0.339 e. The van der Waals surface area contributed by atoms with Crippen LogP contribution in [-0.2, 0) is 4.79 Å². The van der Waals surface area contributed by atoms with Crippen molar-refractivity contribution in [3.8, 4) is 0 Å². The Labute approximate surface area is 161 Å². The topological polar surface area (TPSA) is 61.4 Å². The van der Waals surface area contributed by atoms with Gasteiger partial charge in [0.1, 0.15) is 0 Å². The summed E-state index contributed by atoms with van der Waals surface area (Å²) >= 11 is 0. The molecule has 2 aliphatic heterocycles. The summed E-state index contributed by atoms with van der Waals surface area (Å²) in [5, 5.41) is 6.57. The molecule has 1 aliphatic carbocycles. The Kier molecular flexibility index (Phi) is 5.58. The highest BCUT2D eigenvalue weighted by Crippen LogP contribution is 2.38. The molecule has 4 rings (SSSR count). The molecule has 2 saturated heterocycles. The van der Waals surface area contributed by atoms with Crippen molar-refractivity contribution in [2.45, 2.75) is 57.2 Å². The summed E-state index contributed by atoms with van der Waals surface area (Å²) in [5.74, 6) is 0.723. The summed E-state index contributed by atoms with van der Waals surface area (Å²) in [6, 6.07) is 8.77. The SMILES string of the molecule is CC1CC1C(=O)Nc1cccc(C(=O)N(C)C2CC3CCC(C2)N3)c1.Cl. The van der Waals surface area contributed by atoms with E-state index in [1.54, 1.807) is 6.07 Å². The first kappa shape index (κ1) is 19.2. The minimum Gasteiger partial charge on any atom is -0.339 e. The second-order valence-electron chi connectivity index (χ2n) is 8.07. The van der Waals surface area contributed by atoms with Crippen molar-refractivity contribution in [3.05, 3.63) is 29.8 Å². The number of amides is 2. The summed E-state index contributed by atoms with van der Waals surface area (Å²) in [4.78, 5) is 26.9. The molecule has 3 fully saturated rings. The normalized spacial score (nSPS) is 31.7. The number of halogens is 1. The lowest BCUT2D eigenvalue weighted by Gasteiger charge is -2.35. The fraction of sp³-hybridized carbons (Fsp3) is 0.600. The van der Waals surface area contributed by atoms with E-state index in [2.05, 4.69) is 17.6 Å². The van der Waals surface area contributed by atoms with Gasteiger partial charge < -0.3 is 15.5 Å². The second-order valence-corrected chi connectivity index (χ2v) is 8.07. The Morgan fingerprint density at radius 3 is 2.42 bits per heavy atom. The van der Waals surface area contributed by atoms with Gasteiger partial charge in [0.05, 0.1) is 0 Å². The number of carbonyl (C=O) groups excluding carboxylic acids is 2. The first-order valence-corrected chi connectivity index (χ1v) is 9.45. The van der Waals surface area contributed by atoms with Crippen molar-refractivity contribution < 1.29 is 9.59 Å². The molecule has 4 unspecified atom stereocenters. The molecule has 5 nitrogen and oxygen atoms in total. The van der Waals surface area contributed by atoms with Gasteiger partial charge in [-0.15, -0.1) is 12.4 Å². The van der Waals surface area contributed by atoms with E-state index in [0.717, 1.165) is 19.3 Å². The van der Waals surface area contributed by atoms with E-state index in [0.29, 0.717) is 35.3 Å². The maximum absolute atomic E-state index is 12.9. The lowest BCUT2D eigenvalue weighted by Crippen LogP contribution is -2.48. The van der Waals surface area contributed by atoms with Gasteiger partial charge in [-0.05, 0) is 56.2 Å². The molecule has 26 heavy (non-hydrogen) atoms. The van der Waals surface area contributed by atoms with E-state index in [-0.39, 0.29) is 30.1 Å². The number of hydrogen-bond acceptors (Lipinski definition) is 3. The summed E-state index contributed by atoms with van der Waals surface area (Å²) in [7, 11) is 1.91. The third-order valence-electron chi connectivity index (χ3n) is 6.14. The third-order valence-corrected chi connectivity index (χ3v) is 6.14. The minimum atomic E-state index is 0. The Balaban J connectivity index is 0.00000196. The van der Waals surface area contributed by atoms with Crippen LogP contribution in [0, 0.1) is 11.8 Å². The number of anilines is 1. The van der Waals surface area contributed by atoms with E-state index in [9.17, 15) is 9.59 Å². The molecule has 1 saturated carbocycles. The van der Waals surface area contributed by atoms with E-state index >= 15 is 0 Å². The smallest absolute Gasteiger partial charge is 0.253 e. The van der Waals surface area contributed by atoms with Crippen LogP contribution < -0.4 is 10.6 Å². The van der Waals surface area contributed by atoms with E-state index in [4.69, 9.17) is 0 Å². The Hall–Kier alpha value is -1.59. The molecule has 4 atom stereocenters. The zero-order chi connectivity index (χ0) is 17.6. The van der Waals surface area contributed by atoms with Crippen LogP contribution in [0.3, 0.4) is 0 Å². The van der Waals surface area contributed by atoms with E-state index < -0.39 is 0 Å². The molecule has 2 bridgehead atoms. The number of nitrogens with zero attached hydrogens (tertiary/aromatic N) is 1. The molecule has 2 heterocycles. The Morgan fingerprint density at radius 1 is 1.15 bits per heavy atom. The van der Waals surface area contributed by atoms with Crippen LogP contribution in [0.2, 0.25) is 0 Å². The minimum absolute atomic E-state index is 0. The third kappa shape index (κ3) is 3.89. The van der Waals surface area contributed by atoms with Crippen molar-refractivity contribution in [2.75, 3.05) is 12.4 Å². The number of piperidine rings is 1. The van der Waals surface area contributed by atoms with Crippen LogP contribution in [0.15, 0.2) is 24.3 Å². The van der Waals surface area contributed by atoms with Crippen LogP contribution in [0.5, 0.6) is 0 Å². The lowest BCUT2D eigenvalue weighted by atomic mass is 9.98. The average Bonchev–Trinajstić information content (AvgIpc) is 3.26. The van der Waals surface area contributed by atoms with Crippen molar-refractivity contribution in [1.82, 2.24) is 10.2 Å². The molecule has 3 aliphatic rings. The summed E-state index contributed by atoms with van der Waals surface area (Å²) in [6.45, 7) is 2.09. The maximum atomic E-state index is 12.9. The maximum Gasteiger partial charge on any atom is 0.253 e. The predicted molar refractivity (Wildman–Crippen MR) is 105 cm³/mol. The Bertz CT molecular complexity index is 683. The molecule has 142 valence electrons. The highest BCUT2D eigenvalue weighted by atomic mass is 35.5. The monoisotopic (exact) mass is 377 g/mol. The standard InChI is InChI=1S/C20H27N3O2.ClH/c1-12-8-18(12)19(24)22-14-5-3-4-13(9-14)20(25)23(2)17-10-15-6-7-16(11-17)21-15;/h3-5,9,12,15-18,21H,6-8,10-11H2,1-2H3,(H,22,24);1H. The van der Waals surface area contributed by atoms with Crippen LogP contribution in [0.4, 0.5) is 5.69 Å². The number of carbonyl (C=O) groups is 2. The van der Waals surface area contributed by atoms with Crippen molar-refractivity contribution in [2.24, 2.45) is 11.8 Å². The molecule has 2 N–H and O–H groups in total. The molecular formula is C20H28ClN3O2. The summed E-state index contributed by atoms with van der Waals surface area (Å²) < 4.78 is 0. The van der Waals surface area contributed by atoms with Gasteiger partial charge in [0, 0.05) is 42.3 Å². The molecule has 0 aromatic heterocycles. The quantitative estimate of drug-likeness (QED) is 0.847. The highest BCUT2D eigenvalue weighted by Gasteiger charge is 2.39. The van der Waals surface area contributed by atoms with Crippen LogP contribution in [0.1, 0.15) is 49.4 Å². The van der Waals surface area contributed by atoms with Crippen molar-refractivity contribution >= 4 is 29.9 Å². The molecule has 0 radical (unpaired) electrons. The predicted octanol–water partition coefficient (Wildman–Crippen LogP) is 3.06. The molecular weight excluding hydrogens is 350 g/mol. The van der Waals surface area contributed by atoms with Gasteiger partial charge in [-0.1, -0.05) is 13.0 Å². The lowest BCUT2D eigenvalue weighted by molar-refractivity contribution is -0.117. The van der Waals surface area contributed by atoms with Gasteiger partial charge in [-0.25, -0.2) is 0 Å². The number of rotatable bonds is 4. The average molecular weight is 378 g/mol. The Morgan fingerprint density at radius 2 is 1.81 bits per heavy atom. The summed E-state index contributed by atoms with van der Waals surface area (Å²) in [6.07, 6.45) is 5.49. The second kappa shape index (κ2) is 7.57. The van der Waals surface area contributed by atoms with Crippen LogP contribution in [0.25, 0.3) is 0 Å². The first-order chi connectivity index (χ1) is 12.0.